The van der Waals surface area contributed by atoms with Crippen LogP contribution in [0.4, 0.5) is 16.4 Å². The number of rotatable bonds is 7. The summed E-state index contributed by atoms with van der Waals surface area (Å²) in [5.41, 5.74) is 3.79. The minimum absolute atomic E-state index is 0.0122. The lowest BCUT2D eigenvalue weighted by atomic mass is 10.1. The SMILES string of the molecule is Cc1ccnc(C2CC2C(=O)Nc2ncc3oc(=O)n(Cc4cn5cc(C6CC6)cc(N6CC(=O)N(C)C6=O)c5n4)c3n2)n1. The van der Waals surface area contributed by atoms with Gasteiger partial charge in [-0.05, 0) is 49.8 Å². The molecule has 6 heterocycles. The molecule has 2 atom stereocenters. The molecule has 222 valence electrons. The maximum absolute atomic E-state index is 12.9. The van der Waals surface area contributed by atoms with Crippen molar-refractivity contribution in [2.45, 2.75) is 44.6 Å². The molecule has 15 heteroatoms. The van der Waals surface area contributed by atoms with Crippen molar-refractivity contribution < 1.29 is 18.8 Å². The molecule has 1 aliphatic heterocycles. The highest BCUT2D eigenvalue weighted by Crippen LogP contribution is 2.46. The molecule has 15 nitrogen and oxygen atoms in total. The van der Waals surface area contributed by atoms with Crippen molar-refractivity contribution in [2.75, 3.05) is 23.8 Å². The molecule has 8 rings (SSSR count). The number of hydrogen-bond acceptors (Lipinski definition) is 10. The Morgan fingerprint density at radius 3 is 2.68 bits per heavy atom. The topological polar surface area (TPSA) is 174 Å². The van der Waals surface area contributed by atoms with Gasteiger partial charge in [-0.2, -0.15) is 4.98 Å². The van der Waals surface area contributed by atoms with Crippen LogP contribution in [0.1, 0.15) is 53.9 Å². The number of hydrogen-bond donors (Lipinski definition) is 1. The number of likely N-dealkylation sites (N-methyl/N-ethyl adjacent to an activating group) is 1. The van der Waals surface area contributed by atoms with E-state index in [4.69, 9.17) is 9.40 Å². The summed E-state index contributed by atoms with van der Waals surface area (Å²) in [7, 11) is 1.46. The quantitative estimate of drug-likeness (QED) is 0.275. The first-order chi connectivity index (χ1) is 21.2. The van der Waals surface area contributed by atoms with Crippen LogP contribution in [0.2, 0.25) is 0 Å². The Morgan fingerprint density at radius 2 is 1.93 bits per heavy atom. The van der Waals surface area contributed by atoms with E-state index in [0.717, 1.165) is 29.0 Å². The van der Waals surface area contributed by atoms with Crippen LogP contribution in [0.25, 0.3) is 16.9 Å². The average molecular weight is 595 g/mol. The number of nitrogens with one attached hydrogen (secondary N) is 1. The van der Waals surface area contributed by atoms with Gasteiger partial charge in [0.15, 0.2) is 16.9 Å². The number of aromatic nitrogens is 7. The minimum Gasteiger partial charge on any atom is -0.404 e. The number of carbonyl (C=O) groups is 3. The highest BCUT2D eigenvalue weighted by molar-refractivity contribution is 6.13. The largest absolute Gasteiger partial charge is 0.421 e. The van der Waals surface area contributed by atoms with Gasteiger partial charge in [0.2, 0.25) is 17.8 Å². The molecule has 1 saturated heterocycles. The van der Waals surface area contributed by atoms with Crippen LogP contribution in [0.5, 0.6) is 0 Å². The van der Waals surface area contributed by atoms with Crippen molar-refractivity contribution in [3.8, 4) is 0 Å². The number of amides is 4. The molecular weight excluding hydrogens is 568 g/mol. The Balaban J connectivity index is 1.08. The van der Waals surface area contributed by atoms with E-state index in [1.54, 1.807) is 18.5 Å². The lowest BCUT2D eigenvalue weighted by molar-refractivity contribution is -0.124. The van der Waals surface area contributed by atoms with Gasteiger partial charge >= 0.3 is 11.8 Å². The summed E-state index contributed by atoms with van der Waals surface area (Å²) in [6, 6.07) is 3.31. The molecule has 44 heavy (non-hydrogen) atoms. The first-order valence-corrected chi connectivity index (χ1v) is 14.3. The molecule has 2 aliphatic carbocycles. The molecule has 5 aromatic rings. The Morgan fingerprint density at radius 1 is 1.09 bits per heavy atom. The number of nitrogens with zero attached hydrogens (tertiary/aromatic N) is 9. The van der Waals surface area contributed by atoms with Gasteiger partial charge in [0.25, 0.3) is 0 Å². The number of aryl methyl sites for hydroxylation is 1. The zero-order valence-electron chi connectivity index (χ0n) is 23.8. The van der Waals surface area contributed by atoms with E-state index in [2.05, 4.69) is 25.3 Å². The Hall–Kier alpha value is -5.47. The van der Waals surface area contributed by atoms with Crippen LogP contribution in [0, 0.1) is 12.8 Å². The maximum atomic E-state index is 12.9. The first kappa shape index (κ1) is 26.2. The van der Waals surface area contributed by atoms with Gasteiger partial charge in [0.1, 0.15) is 12.4 Å². The fraction of sp³-hybridized carbons (Fsp3) is 0.345. The smallest absolute Gasteiger partial charge is 0.404 e. The second-order valence-electron chi connectivity index (χ2n) is 11.5. The third-order valence-electron chi connectivity index (χ3n) is 8.36. The van der Waals surface area contributed by atoms with E-state index in [-0.39, 0.29) is 53.9 Å². The lowest BCUT2D eigenvalue weighted by Crippen LogP contribution is -2.30. The second-order valence-corrected chi connectivity index (χ2v) is 11.5. The highest BCUT2D eigenvalue weighted by atomic mass is 16.4. The summed E-state index contributed by atoms with van der Waals surface area (Å²) in [5, 5.41) is 2.74. The second kappa shape index (κ2) is 9.52. The van der Waals surface area contributed by atoms with Crippen molar-refractivity contribution in [3.05, 3.63) is 70.2 Å². The lowest BCUT2D eigenvalue weighted by Gasteiger charge is -2.17. The molecule has 1 N–H and O–H groups in total. The highest BCUT2D eigenvalue weighted by Gasteiger charge is 2.46. The molecule has 0 aromatic carbocycles. The number of urea groups is 1. The predicted octanol–water partition coefficient (Wildman–Crippen LogP) is 2.20. The summed E-state index contributed by atoms with van der Waals surface area (Å²) < 4.78 is 8.52. The average Bonchev–Trinajstić information content (AvgIpc) is 3.92. The van der Waals surface area contributed by atoms with E-state index in [9.17, 15) is 19.2 Å². The van der Waals surface area contributed by atoms with Crippen molar-refractivity contribution >= 4 is 46.4 Å². The Bertz CT molecular complexity index is 2090. The number of anilines is 2. The number of imidazole rings is 1. The minimum atomic E-state index is -0.658. The third-order valence-corrected chi connectivity index (χ3v) is 8.36. The molecular formula is C29H26N10O5. The van der Waals surface area contributed by atoms with Crippen LogP contribution < -0.4 is 16.0 Å². The maximum Gasteiger partial charge on any atom is 0.421 e. The van der Waals surface area contributed by atoms with Gasteiger partial charge < -0.3 is 8.82 Å². The zero-order valence-corrected chi connectivity index (χ0v) is 23.8. The van der Waals surface area contributed by atoms with Gasteiger partial charge in [-0.1, -0.05) is 0 Å². The number of imide groups is 1. The Kier molecular flexibility index (Phi) is 5.66. The Labute approximate surface area is 248 Å². The normalized spacial score (nSPS) is 19.9. The van der Waals surface area contributed by atoms with Crippen molar-refractivity contribution in [2.24, 2.45) is 5.92 Å². The van der Waals surface area contributed by atoms with E-state index < -0.39 is 11.8 Å². The number of fused-ring (bicyclic) bond motifs is 2. The van der Waals surface area contributed by atoms with Gasteiger partial charge in [-0.3, -0.25) is 29.3 Å². The van der Waals surface area contributed by atoms with Crippen molar-refractivity contribution in [1.29, 1.82) is 0 Å². The first-order valence-electron chi connectivity index (χ1n) is 14.3. The summed E-state index contributed by atoms with van der Waals surface area (Å²) in [5.74, 6) is -0.509. The fourth-order valence-electron chi connectivity index (χ4n) is 5.70. The summed E-state index contributed by atoms with van der Waals surface area (Å²) in [6.07, 6.45) is 9.51. The van der Waals surface area contributed by atoms with Crippen LogP contribution in [0.3, 0.4) is 0 Å². The van der Waals surface area contributed by atoms with Crippen molar-refractivity contribution in [3.63, 3.8) is 0 Å². The van der Waals surface area contributed by atoms with Crippen LogP contribution in [-0.4, -0.2) is 70.2 Å². The standard InChI is InChI=1S/C29H26N10O5/c1-14-5-6-30-23(32-14)18-8-19(18)26(41)35-27-31-9-21-25(34-27)39(29(43)44-21)12-17-11-37-10-16(15-3-4-15)7-20(24(37)33-17)38-13-22(40)36(2)28(38)42/h5-7,9-11,15,18-19H,3-4,8,12-13H2,1-2H3,(H,31,34,35,41). The number of pyridine rings is 1. The molecule has 2 unspecified atom stereocenters. The molecule has 4 amide bonds. The van der Waals surface area contributed by atoms with Crippen molar-refractivity contribution in [1.82, 2.24) is 38.8 Å². The predicted molar refractivity (Wildman–Crippen MR) is 154 cm³/mol. The zero-order chi connectivity index (χ0) is 30.3. The van der Waals surface area contributed by atoms with Crippen LogP contribution in [0.15, 0.2) is 46.1 Å². The monoisotopic (exact) mass is 594 g/mol. The third kappa shape index (κ3) is 4.39. The molecule has 3 aliphatic rings. The van der Waals surface area contributed by atoms with E-state index >= 15 is 0 Å². The van der Waals surface area contributed by atoms with Crippen LogP contribution in [-0.2, 0) is 16.1 Å². The van der Waals surface area contributed by atoms with Gasteiger partial charge in [0, 0.05) is 43.2 Å². The van der Waals surface area contributed by atoms with E-state index in [1.165, 1.54) is 22.7 Å². The van der Waals surface area contributed by atoms with E-state index in [1.807, 2.05) is 23.6 Å². The van der Waals surface area contributed by atoms with Gasteiger partial charge in [-0.25, -0.2) is 29.5 Å². The summed E-state index contributed by atoms with van der Waals surface area (Å²) >= 11 is 0. The molecule has 0 bridgehead atoms. The number of oxazole rings is 1. The number of carbonyl (C=O) groups excluding carboxylic acids is 3. The molecule has 3 fully saturated rings. The molecule has 0 radical (unpaired) electrons. The molecule has 5 aromatic heterocycles. The summed E-state index contributed by atoms with van der Waals surface area (Å²) in [6.45, 7) is 1.82. The van der Waals surface area contributed by atoms with E-state index in [0.29, 0.717) is 35.2 Å². The molecule has 2 saturated carbocycles. The van der Waals surface area contributed by atoms with Crippen LogP contribution >= 0.6 is 0 Å². The molecule has 0 spiro atoms. The van der Waals surface area contributed by atoms with Gasteiger partial charge in [0.05, 0.1) is 24.1 Å². The fourth-order valence-corrected chi connectivity index (χ4v) is 5.70. The summed E-state index contributed by atoms with van der Waals surface area (Å²) in [4.78, 5) is 75.5. The van der Waals surface area contributed by atoms with Gasteiger partial charge in [-0.15, -0.1) is 0 Å².